The Bertz CT molecular complexity index is 1400. The molecule has 9 nitrogen and oxygen atoms in total. The minimum Gasteiger partial charge on any atom is -0.494 e. The zero-order chi connectivity index (χ0) is 32.0. The van der Waals surface area contributed by atoms with Crippen LogP contribution in [0.25, 0.3) is 6.08 Å². The van der Waals surface area contributed by atoms with Crippen LogP contribution in [0, 0.1) is 0 Å². The van der Waals surface area contributed by atoms with Gasteiger partial charge in [-0.1, -0.05) is 12.1 Å². The number of carbonyl (C=O) groups is 3. The Labute approximate surface area is 252 Å². The molecule has 0 heterocycles. The predicted molar refractivity (Wildman–Crippen MR) is 158 cm³/mol. The number of alkyl halides is 3. The molecular weight excluding hydrogens is 581 g/mol. The fourth-order valence-electron chi connectivity index (χ4n) is 3.75. The number of hydrogen-bond acceptors (Lipinski definition) is 9. The number of nitrogen functional groups attached to an aromatic ring is 2. The second-order valence-corrected chi connectivity index (χ2v) is 9.64. The Morgan fingerprint density at radius 2 is 1.27 bits per heavy atom. The molecule has 4 N–H and O–H groups in total. The zero-order valence-electron chi connectivity index (χ0n) is 23.8. The maximum Gasteiger partial charge on any atom is 0.389 e. The van der Waals surface area contributed by atoms with E-state index in [1.54, 1.807) is 42.5 Å². The summed E-state index contributed by atoms with van der Waals surface area (Å²) in [6.45, 7) is 0.435. The van der Waals surface area contributed by atoms with Gasteiger partial charge in [0.2, 0.25) is 0 Å². The van der Waals surface area contributed by atoms with Crippen LogP contribution in [0.5, 0.6) is 11.5 Å². The summed E-state index contributed by atoms with van der Waals surface area (Å²) in [6.07, 6.45) is -0.969. The molecule has 44 heavy (non-hydrogen) atoms. The van der Waals surface area contributed by atoms with Gasteiger partial charge in [-0.3, -0.25) is 0 Å². The van der Waals surface area contributed by atoms with Gasteiger partial charge in [-0.25, -0.2) is 14.4 Å². The molecule has 0 amide bonds. The van der Waals surface area contributed by atoms with Gasteiger partial charge in [0.25, 0.3) is 0 Å². The number of nitrogens with two attached hydrogens (primary N) is 2. The molecule has 0 fully saturated rings. The molecule has 0 radical (unpaired) electrons. The SMILES string of the molecule is Nc1cc(N)cc(C(=O)OCCCCOC(=O)C=Cc2ccc(OC(=O)c3ccc(OCCCCC(F)(F)F)cc3)cc2)c1. The lowest BCUT2D eigenvalue weighted by molar-refractivity contribution is -0.138. The summed E-state index contributed by atoms with van der Waals surface area (Å²) in [4.78, 5) is 36.5. The van der Waals surface area contributed by atoms with E-state index in [0.717, 1.165) is 0 Å². The molecule has 0 saturated heterocycles. The molecule has 0 saturated carbocycles. The van der Waals surface area contributed by atoms with Gasteiger partial charge in [0.1, 0.15) is 11.5 Å². The Hall–Kier alpha value is -5.00. The van der Waals surface area contributed by atoms with Crippen LogP contribution in [0.15, 0.2) is 72.8 Å². The third-order valence-electron chi connectivity index (χ3n) is 5.95. The first-order valence-electron chi connectivity index (χ1n) is 13.8. The molecule has 0 aliphatic carbocycles. The summed E-state index contributed by atoms with van der Waals surface area (Å²) in [5.74, 6) is -0.950. The third kappa shape index (κ3) is 12.5. The van der Waals surface area contributed by atoms with Crippen LogP contribution in [0.2, 0.25) is 0 Å². The predicted octanol–water partition coefficient (Wildman–Crippen LogP) is 6.38. The van der Waals surface area contributed by atoms with Crippen molar-refractivity contribution in [3.8, 4) is 11.5 Å². The highest BCUT2D eigenvalue weighted by molar-refractivity contribution is 5.92. The fraction of sp³-hybridized carbons (Fsp3) is 0.281. The van der Waals surface area contributed by atoms with E-state index in [0.29, 0.717) is 41.3 Å². The monoisotopic (exact) mass is 614 g/mol. The first kappa shape index (κ1) is 33.5. The molecule has 3 rings (SSSR count). The van der Waals surface area contributed by atoms with Crippen LogP contribution in [0.3, 0.4) is 0 Å². The molecule has 3 aromatic carbocycles. The third-order valence-corrected chi connectivity index (χ3v) is 5.95. The summed E-state index contributed by atoms with van der Waals surface area (Å²) >= 11 is 0. The Morgan fingerprint density at radius 3 is 1.91 bits per heavy atom. The number of ether oxygens (including phenoxy) is 4. The fourth-order valence-corrected chi connectivity index (χ4v) is 3.75. The number of esters is 3. The highest BCUT2D eigenvalue weighted by Crippen LogP contribution is 2.23. The number of carbonyl (C=O) groups excluding carboxylic acids is 3. The number of benzene rings is 3. The molecule has 0 unspecified atom stereocenters. The standard InChI is InChI=1S/C32H33F3N2O7/c33-32(34,35)15-1-2-16-41-27-12-8-23(9-13-27)31(40)44-28-10-5-22(6-11-28)7-14-29(38)42-17-3-4-18-43-30(39)24-19-25(36)21-26(37)20-24/h5-14,19-21H,1-4,15-18,36-37H2. The van der Waals surface area contributed by atoms with Crippen LogP contribution in [0.4, 0.5) is 24.5 Å². The molecule has 0 atom stereocenters. The lowest BCUT2D eigenvalue weighted by Crippen LogP contribution is -2.09. The van der Waals surface area contributed by atoms with Crippen molar-refractivity contribution in [1.29, 1.82) is 0 Å². The summed E-state index contributed by atoms with van der Waals surface area (Å²) in [5.41, 5.74) is 13.3. The number of rotatable bonds is 15. The van der Waals surface area contributed by atoms with Crippen LogP contribution in [0.1, 0.15) is 58.4 Å². The Kier molecular flexibility index (Phi) is 12.6. The van der Waals surface area contributed by atoms with Crippen molar-refractivity contribution in [3.05, 3.63) is 89.5 Å². The average Bonchev–Trinajstić information content (AvgIpc) is 2.97. The maximum absolute atomic E-state index is 12.4. The Morgan fingerprint density at radius 1 is 0.682 bits per heavy atom. The van der Waals surface area contributed by atoms with Crippen molar-refractivity contribution in [2.24, 2.45) is 0 Å². The minimum absolute atomic E-state index is 0.0156. The molecule has 234 valence electrons. The van der Waals surface area contributed by atoms with Crippen molar-refractivity contribution in [3.63, 3.8) is 0 Å². The van der Waals surface area contributed by atoms with Gasteiger partial charge in [-0.2, -0.15) is 13.2 Å². The van der Waals surface area contributed by atoms with Gasteiger partial charge in [0.05, 0.1) is 30.9 Å². The van der Waals surface area contributed by atoms with E-state index >= 15 is 0 Å². The van der Waals surface area contributed by atoms with E-state index < -0.39 is 30.5 Å². The van der Waals surface area contributed by atoms with Gasteiger partial charge in [-0.05, 0) is 91.9 Å². The summed E-state index contributed by atoms with van der Waals surface area (Å²) in [5, 5.41) is 0. The van der Waals surface area contributed by atoms with Gasteiger partial charge in [0.15, 0.2) is 0 Å². The van der Waals surface area contributed by atoms with Crippen LogP contribution < -0.4 is 20.9 Å². The topological polar surface area (TPSA) is 140 Å². The molecule has 0 aliphatic rings. The van der Waals surface area contributed by atoms with Crippen LogP contribution in [-0.2, 0) is 14.3 Å². The number of anilines is 2. The first-order chi connectivity index (χ1) is 21.0. The Balaban J connectivity index is 1.31. The van der Waals surface area contributed by atoms with Crippen molar-refractivity contribution in [1.82, 2.24) is 0 Å². The smallest absolute Gasteiger partial charge is 0.389 e. The number of halogens is 3. The van der Waals surface area contributed by atoms with E-state index in [-0.39, 0.29) is 43.8 Å². The quantitative estimate of drug-likeness (QED) is 0.0656. The molecule has 12 heteroatoms. The van der Waals surface area contributed by atoms with Crippen LogP contribution in [-0.4, -0.2) is 43.9 Å². The van der Waals surface area contributed by atoms with E-state index in [2.05, 4.69) is 0 Å². The summed E-state index contributed by atoms with van der Waals surface area (Å²) in [7, 11) is 0. The molecule has 0 spiro atoms. The van der Waals surface area contributed by atoms with E-state index in [1.807, 2.05) is 0 Å². The van der Waals surface area contributed by atoms with Gasteiger partial charge in [0, 0.05) is 23.9 Å². The second kappa shape index (κ2) is 16.6. The molecular formula is C32H33F3N2O7. The van der Waals surface area contributed by atoms with Crippen molar-refractivity contribution in [2.75, 3.05) is 31.3 Å². The largest absolute Gasteiger partial charge is 0.494 e. The molecule has 0 bridgehead atoms. The van der Waals surface area contributed by atoms with Crippen LogP contribution >= 0.6 is 0 Å². The van der Waals surface area contributed by atoms with Gasteiger partial charge < -0.3 is 30.4 Å². The first-order valence-corrected chi connectivity index (χ1v) is 13.8. The number of hydrogen-bond donors (Lipinski definition) is 2. The maximum atomic E-state index is 12.4. The molecule has 0 aromatic heterocycles. The van der Waals surface area contributed by atoms with E-state index in [4.69, 9.17) is 30.4 Å². The average molecular weight is 615 g/mol. The van der Waals surface area contributed by atoms with E-state index in [9.17, 15) is 27.6 Å². The van der Waals surface area contributed by atoms with Gasteiger partial charge >= 0.3 is 24.1 Å². The highest BCUT2D eigenvalue weighted by Gasteiger charge is 2.25. The normalized spacial score (nSPS) is 11.2. The molecule has 0 aliphatic heterocycles. The van der Waals surface area contributed by atoms with Crippen molar-refractivity contribution >= 4 is 35.4 Å². The van der Waals surface area contributed by atoms with Crippen molar-refractivity contribution < 1.29 is 46.5 Å². The summed E-state index contributed by atoms with van der Waals surface area (Å²) in [6, 6.07) is 17.0. The summed E-state index contributed by atoms with van der Waals surface area (Å²) < 4.78 is 57.6. The molecule has 3 aromatic rings. The van der Waals surface area contributed by atoms with Crippen molar-refractivity contribution in [2.45, 2.75) is 38.3 Å². The lowest BCUT2D eigenvalue weighted by Gasteiger charge is -2.09. The highest BCUT2D eigenvalue weighted by atomic mass is 19.4. The van der Waals surface area contributed by atoms with E-state index in [1.165, 1.54) is 36.4 Å². The van der Waals surface area contributed by atoms with Gasteiger partial charge in [-0.15, -0.1) is 0 Å². The zero-order valence-corrected chi connectivity index (χ0v) is 23.8. The minimum atomic E-state index is -4.17. The number of unbranched alkanes of at least 4 members (excludes halogenated alkanes) is 2. The second-order valence-electron chi connectivity index (χ2n) is 9.64. The lowest BCUT2D eigenvalue weighted by atomic mass is 10.2.